The zero-order valence-corrected chi connectivity index (χ0v) is 33.9. The van der Waals surface area contributed by atoms with Gasteiger partial charge in [-0.15, -0.1) is 0 Å². The number of rotatable bonds is 4. The molecular weight excluding hydrogens is 667 g/mol. The van der Waals surface area contributed by atoms with E-state index in [0.29, 0.717) is 15.5 Å². The zero-order valence-electron chi connectivity index (χ0n) is 29.9. The van der Waals surface area contributed by atoms with Gasteiger partial charge >= 0.3 is 272 Å². The van der Waals surface area contributed by atoms with Crippen LogP contribution in [0.1, 0.15) is 127 Å². The van der Waals surface area contributed by atoms with Gasteiger partial charge in [0.15, 0.2) is 0 Å². The molecule has 0 aliphatic heterocycles. The topological polar surface area (TPSA) is 0 Å². The standard InChI is InChI=1S/C21H25.C11H14.C10H15.2ClH.Zr/c1-20(2,3)16-9-7-14-11-15-8-10-17(21(4,5)6)13-19(15)18(14)12-16;1-9-5-7-10(8-6-9)11(2,3)4;1-7(2)10-6-8(3)5-9(10)4;;;/h7-13H,1-6H3;1,5-8H,2-4H3;6-8H,1-4H3;2*1H;/q;;;;;+2/p-2. The Kier molecular flexibility index (Phi) is 11.4. The maximum atomic E-state index is 2.79. The summed E-state index contributed by atoms with van der Waals surface area (Å²) in [5.41, 5.74) is 15.3. The Morgan fingerprint density at radius 1 is 0.644 bits per heavy atom. The molecule has 0 heterocycles. The van der Waals surface area contributed by atoms with Crippen LogP contribution in [0.3, 0.4) is 0 Å². The molecule has 0 saturated carbocycles. The van der Waals surface area contributed by atoms with Crippen molar-refractivity contribution in [3.63, 3.8) is 0 Å². The first-order valence-electron chi connectivity index (χ1n) is 16.4. The summed E-state index contributed by atoms with van der Waals surface area (Å²) in [6.45, 7) is 30.6. The second kappa shape index (κ2) is 13.5. The van der Waals surface area contributed by atoms with Crippen molar-refractivity contribution in [1.29, 1.82) is 0 Å². The predicted octanol–water partition coefficient (Wildman–Crippen LogP) is 5.63. The molecule has 1 atom stereocenters. The summed E-state index contributed by atoms with van der Waals surface area (Å²) in [6.07, 6.45) is 2.59. The summed E-state index contributed by atoms with van der Waals surface area (Å²) in [5.74, 6) is 1.06. The maximum Gasteiger partial charge on any atom is -1.00 e. The van der Waals surface area contributed by atoms with Crippen LogP contribution >= 0.6 is 0 Å². The van der Waals surface area contributed by atoms with Gasteiger partial charge in [-0.2, -0.15) is 0 Å². The van der Waals surface area contributed by atoms with Crippen LogP contribution in [0.25, 0.3) is 11.1 Å². The van der Waals surface area contributed by atoms with E-state index in [1.54, 1.807) is 25.6 Å². The van der Waals surface area contributed by atoms with E-state index in [1.165, 1.54) is 33.4 Å². The fourth-order valence-electron chi connectivity index (χ4n) is 7.17. The molecule has 5 rings (SSSR count). The maximum absolute atomic E-state index is 2.79. The minimum absolute atomic E-state index is 0. The van der Waals surface area contributed by atoms with Gasteiger partial charge < -0.3 is 24.8 Å². The molecule has 0 fully saturated rings. The monoisotopic (exact) mass is 718 g/mol. The van der Waals surface area contributed by atoms with Gasteiger partial charge in [0.1, 0.15) is 0 Å². The van der Waals surface area contributed by atoms with E-state index in [4.69, 9.17) is 0 Å². The largest absolute Gasteiger partial charge is 1.00 e. The number of hydrogen-bond acceptors (Lipinski definition) is 0. The van der Waals surface area contributed by atoms with E-state index in [1.807, 2.05) is 0 Å². The smallest absolute Gasteiger partial charge is 1.00 e. The van der Waals surface area contributed by atoms with Gasteiger partial charge in [-0.3, -0.25) is 0 Å². The van der Waals surface area contributed by atoms with Crippen molar-refractivity contribution in [2.75, 3.05) is 0 Å². The third-order valence-electron chi connectivity index (χ3n) is 9.82. The van der Waals surface area contributed by atoms with Crippen LogP contribution in [-0.4, -0.2) is 3.71 Å². The summed E-state index contributed by atoms with van der Waals surface area (Å²) in [6, 6.07) is 24.5. The fourth-order valence-corrected chi connectivity index (χ4v) is 15.9. The van der Waals surface area contributed by atoms with Crippen molar-refractivity contribution in [3.05, 3.63) is 115 Å². The van der Waals surface area contributed by atoms with Crippen molar-refractivity contribution >= 4 is 3.71 Å². The molecule has 0 N–H and O–H groups in total. The van der Waals surface area contributed by atoms with E-state index >= 15 is 0 Å². The Labute approximate surface area is 295 Å². The minimum atomic E-state index is -2.53. The Morgan fingerprint density at radius 3 is 1.44 bits per heavy atom. The molecule has 0 saturated heterocycles. The molecule has 2 aliphatic rings. The summed E-state index contributed by atoms with van der Waals surface area (Å²) < 4.78 is 5.06. The first-order valence-corrected chi connectivity index (χ1v) is 20.5. The van der Waals surface area contributed by atoms with Gasteiger partial charge in [-0.25, -0.2) is 0 Å². The van der Waals surface area contributed by atoms with E-state index in [9.17, 15) is 0 Å². The molecule has 240 valence electrons. The molecule has 45 heavy (non-hydrogen) atoms. The molecule has 1 unspecified atom stereocenters. The molecule has 3 aromatic rings. The number of benzene rings is 3. The first-order chi connectivity index (χ1) is 19.9. The van der Waals surface area contributed by atoms with Crippen molar-refractivity contribution in [3.8, 4) is 11.1 Å². The van der Waals surface area contributed by atoms with Crippen LogP contribution in [0.5, 0.6) is 0 Å². The normalized spacial score (nSPS) is 16.8. The van der Waals surface area contributed by atoms with Crippen LogP contribution in [0, 0.1) is 11.8 Å². The minimum Gasteiger partial charge on any atom is -1.00 e. The second-order valence-corrected chi connectivity index (χ2v) is 22.3. The number of fused-ring (bicyclic) bond motifs is 3. The Morgan fingerprint density at radius 2 is 1.07 bits per heavy atom. The number of hydrogen-bond donors (Lipinski definition) is 0. The first kappa shape index (κ1) is 37.9. The van der Waals surface area contributed by atoms with Crippen LogP contribution in [-0.2, 0) is 37.5 Å². The van der Waals surface area contributed by atoms with Crippen LogP contribution < -0.4 is 24.8 Å². The van der Waals surface area contributed by atoms with E-state index in [0.717, 1.165) is 0 Å². The molecule has 0 bridgehead atoms. The van der Waals surface area contributed by atoms with Gasteiger partial charge in [0, 0.05) is 0 Å². The third-order valence-corrected chi connectivity index (χ3v) is 18.0. The summed E-state index contributed by atoms with van der Waals surface area (Å²) in [7, 11) is 0. The zero-order chi connectivity index (χ0) is 31.6. The molecule has 0 nitrogen and oxygen atoms in total. The van der Waals surface area contributed by atoms with Crippen LogP contribution in [0.4, 0.5) is 0 Å². The molecular formula is C42H54Cl2Zr. The van der Waals surface area contributed by atoms with Gasteiger partial charge in [0.2, 0.25) is 0 Å². The average Bonchev–Trinajstić information content (AvgIpc) is 3.39. The fraction of sp³-hybridized carbons (Fsp3) is 0.452. The van der Waals surface area contributed by atoms with Gasteiger partial charge in [0.05, 0.1) is 0 Å². The second-order valence-electron chi connectivity index (χ2n) is 16.6. The van der Waals surface area contributed by atoms with Crippen molar-refractivity contribution in [2.45, 2.75) is 110 Å². The van der Waals surface area contributed by atoms with Gasteiger partial charge in [-0.1, -0.05) is 0 Å². The van der Waals surface area contributed by atoms with E-state index in [2.05, 4.69) is 160 Å². The molecule has 0 spiro atoms. The number of allylic oxidation sites excluding steroid dienone is 4. The average molecular weight is 721 g/mol. The third kappa shape index (κ3) is 7.48. The van der Waals surface area contributed by atoms with E-state index < -0.39 is 21.3 Å². The van der Waals surface area contributed by atoms with Gasteiger partial charge in [-0.05, 0) is 0 Å². The van der Waals surface area contributed by atoms with Crippen LogP contribution in [0.15, 0.2) is 81.2 Å². The van der Waals surface area contributed by atoms with Crippen molar-refractivity contribution in [1.82, 2.24) is 0 Å². The van der Waals surface area contributed by atoms with E-state index in [-0.39, 0.29) is 41.1 Å². The quantitative estimate of drug-likeness (QED) is 0.328. The van der Waals surface area contributed by atoms with Crippen LogP contribution in [0.2, 0.25) is 0 Å². The SMILES string of the molecule is CC1=[C](/[Zr+2](=[CH]/c2ccc(C(C)(C)C)cc2)[CH]2c3ccc(C(C)(C)C)cc3-c3cc(C(C)(C)C)ccc32)C(C)C=C1C(C)C.[Cl-].[Cl-]. The van der Waals surface area contributed by atoms with Gasteiger partial charge in [0.25, 0.3) is 0 Å². The molecule has 3 heteroatoms. The molecule has 0 amide bonds. The molecule has 2 aliphatic carbocycles. The summed E-state index contributed by atoms with van der Waals surface area (Å²) >= 11 is -2.53. The summed E-state index contributed by atoms with van der Waals surface area (Å²) in [5, 5.41) is 0. The van der Waals surface area contributed by atoms with Crippen molar-refractivity contribution < 1.29 is 46.1 Å². The Balaban J connectivity index is 0.00000276. The van der Waals surface area contributed by atoms with Crippen molar-refractivity contribution in [2.24, 2.45) is 11.8 Å². The summed E-state index contributed by atoms with van der Waals surface area (Å²) in [4.78, 5) is 0. The Hall–Kier alpha value is -1.53. The molecule has 0 aromatic heterocycles. The Bertz CT molecular complexity index is 1580. The molecule has 3 aromatic carbocycles. The molecule has 0 radical (unpaired) electrons. The predicted molar refractivity (Wildman–Crippen MR) is 186 cm³/mol. The number of halogens is 2.